The van der Waals surface area contributed by atoms with Gasteiger partial charge in [0.05, 0.1) is 23.4 Å². The first-order valence-electron chi connectivity index (χ1n) is 10.6. The lowest BCUT2D eigenvalue weighted by molar-refractivity contribution is -0.121. The zero-order valence-electron chi connectivity index (χ0n) is 17.1. The van der Waals surface area contributed by atoms with E-state index in [9.17, 15) is 9.59 Å². The van der Waals surface area contributed by atoms with Crippen LogP contribution in [0.5, 0.6) is 0 Å². The second kappa shape index (κ2) is 8.64. The van der Waals surface area contributed by atoms with Gasteiger partial charge >= 0.3 is 0 Å². The fourth-order valence-corrected chi connectivity index (χ4v) is 5.11. The lowest BCUT2D eigenvalue weighted by atomic mass is 9.89. The van der Waals surface area contributed by atoms with Crippen molar-refractivity contribution in [3.8, 4) is 0 Å². The summed E-state index contributed by atoms with van der Waals surface area (Å²) in [7, 11) is 0. The third kappa shape index (κ3) is 4.40. The summed E-state index contributed by atoms with van der Waals surface area (Å²) in [6.45, 7) is 3.15. The molecule has 0 saturated carbocycles. The molecule has 5 rings (SSSR count). The highest BCUT2D eigenvalue weighted by Gasteiger charge is 2.26. The molecule has 1 atom stereocenters. The molecule has 2 aliphatic rings. The van der Waals surface area contributed by atoms with Gasteiger partial charge in [-0.05, 0) is 42.7 Å². The number of carbonyl (C=O) groups is 2. The third-order valence-corrected chi connectivity index (χ3v) is 6.85. The summed E-state index contributed by atoms with van der Waals surface area (Å²) in [4.78, 5) is 31.8. The van der Waals surface area contributed by atoms with Crippen molar-refractivity contribution in [2.24, 2.45) is 5.92 Å². The normalized spacial score (nSPS) is 18.5. The van der Waals surface area contributed by atoms with Crippen LogP contribution < -0.4 is 15.5 Å². The molecule has 0 bridgehead atoms. The van der Waals surface area contributed by atoms with Crippen molar-refractivity contribution in [1.82, 2.24) is 4.98 Å². The molecular weight excluding hydrogens is 412 g/mol. The third-order valence-electron chi connectivity index (χ3n) is 5.77. The maximum absolute atomic E-state index is 12.5. The number of hydrogen-bond acceptors (Lipinski definition) is 6. The highest BCUT2D eigenvalue weighted by Crippen LogP contribution is 2.31. The number of para-hydroxylation sites is 1. The number of aromatic nitrogens is 1. The van der Waals surface area contributed by atoms with Gasteiger partial charge in [0.1, 0.15) is 0 Å². The van der Waals surface area contributed by atoms with Crippen LogP contribution in [0.15, 0.2) is 42.5 Å². The number of morpholine rings is 1. The fourth-order valence-electron chi connectivity index (χ4n) is 4.06. The van der Waals surface area contributed by atoms with Crippen molar-refractivity contribution in [3.05, 3.63) is 48.0 Å². The second-order valence-corrected chi connectivity index (χ2v) is 8.92. The van der Waals surface area contributed by atoms with Crippen LogP contribution in [0.4, 0.5) is 16.5 Å². The van der Waals surface area contributed by atoms with E-state index in [4.69, 9.17) is 9.72 Å². The van der Waals surface area contributed by atoms with Crippen molar-refractivity contribution in [1.29, 1.82) is 0 Å². The minimum Gasteiger partial charge on any atom is -0.378 e. The van der Waals surface area contributed by atoms with E-state index in [1.165, 1.54) is 0 Å². The Balaban J connectivity index is 1.20. The van der Waals surface area contributed by atoms with E-state index in [2.05, 4.69) is 15.5 Å². The van der Waals surface area contributed by atoms with E-state index in [-0.39, 0.29) is 17.7 Å². The molecule has 31 heavy (non-hydrogen) atoms. The van der Waals surface area contributed by atoms with E-state index in [0.29, 0.717) is 19.3 Å². The number of thiazole rings is 1. The zero-order chi connectivity index (χ0) is 21.2. The smallest absolute Gasteiger partial charge is 0.227 e. The first-order valence-corrected chi connectivity index (χ1v) is 11.4. The van der Waals surface area contributed by atoms with Gasteiger partial charge in [0, 0.05) is 36.8 Å². The summed E-state index contributed by atoms with van der Waals surface area (Å²) < 4.78 is 6.46. The molecule has 160 valence electrons. The molecule has 3 aromatic rings. The minimum atomic E-state index is -0.180. The lowest BCUT2D eigenvalue weighted by Gasteiger charge is -2.25. The maximum Gasteiger partial charge on any atom is 0.227 e. The van der Waals surface area contributed by atoms with Crippen molar-refractivity contribution in [2.75, 3.05) is 41.8 Å². The molecule has 2 aromatic carbocycles. The predicted octanol–water partition coefficient (Wildman–Crippen LogP) is 3.66. The van der Waals surface area contributed by atoms with Crippen molar-refractivity contribution in [3.63, 3.8) is 0 Å². The maximum atomic E-state index is 12.5. The molecule has 1 unspecified atom stereocenters. The second-order valence-electron chi connectivity index (χ2n) is 7.91. The summed E-state index contributed by atoms with van der Waals surface area (Å²) in [5.74, 6) is -0.266. The Morgan fingerprint density at radius 1 is 1.23 bits per heavy atom. The number of hydrogen-bond donors (Lipinski definition) is 2. The van der Waals surface area contributed by atoms with Crippen LogP contribution in [0.3, 0.4) is 0 Å². The van der Waals surface area contributed by atoms with Gasteiger partial charge in [-0.25, -0.2) is 4.98 Å². The molecule has 2 N–H and O–H groups in total. The van der Waals surface area contributed by atoms with Gasteiger partial charge in [-0.3, -0.25) is 9.59 Å². The van der Waals surface area contributed by atoms with E-state index in [1.807, 2.05) is 42.5 Å². The van der Waals surface area contributed by atoms with Crippen LogP contribution in [-0.4, -0.2) is 43.1 Å². The largest absolute Gasteiger partial charge is 0.378 e. The lowest BCUT2D eigenvalue weighted by Crippen LogP contribution is -2.36. The molecule has 0 radical (unpaired) electrons. The standard InChI is InChI=1S/C23H24N4O3S/c28-21(8-5-16-13-15-3-1-2-4-18(15)25-22(16)29)24-17-6-7-19-20(14-17)31-23(26-19)27-9-11-30-12-10-27/h1-4,6-7,14,16H,5,8-13H2,(H,24,28)(H,25,29). The van der Waals surface area contributed by atoms with Crippen molar-refractivity contribution >= 4 is 49.9 Å². The highest BCUT2D eigenvalue weighted by atomic mass is 32.1. The number of ether oxygens (including phenoxy) is 1. The average Bonchev–Trinajstić information content (AvgIpc) is 3.22. The van der Waals surface area contributed by atoms with Gasteiger partial charge in [0.25, 0.3) is 0 Å². The number of anilines is 3. The molecule has 2 aliphatic heterocycles. The molecular formula is C23H24N4O3S. The molecule has 8 heteroatoms. The van der Waals surface area contributed by atoms with Crippen LogP contribution in [0.2, 0.25) is 0 Å². The Morgan fingerprint density at radius 3 is 2.94 bits per heavy atom. The highest BCUT2D eigenvalue weighted by molar-refractivity contribution is 7.22. The zero-order valence-corrected chi connectivity index (χ0v) is 17.9. The van der Waals surface area contributed by atoms with Crippen molar-refractivity contribution < 1.29 is 14.3 Å². The van der Waals surface area contributed by atoms with Gasteiger partial charge in [-0.15, -0.1) is 0 Å². The van der Waals surface area contributed by atoms with Gasteiger partial charge in [0.15, 0.2) is 5.13 Å². The molecule has 0 aliphatic carbocycles. The van der Waals surface area contributed by atoms with E-state index < -0.39 is 0 Å². The average molecular weight is 437 g/mol. The Morgan fingerprint density at radius 2 is 2.06 bits per heavy atom. The minimum absolute atomic E-state index is 0.00628. The van der Waals surface area contributed by atoms with Crippen LogP contribution in [0.25, 0.3) is 10.2 Å². The van der Waals surface area contributed by atoms with Crippen LogP contribution >= 0.6 is 11.3 Å². The first kappa shape index (κ1) is 20.0. The van der Waals surface area contributed by atoms with E-state index in [1.54, 1.807) is 11.3 Å². The Kier molecular flexibility index (Phi) is 5.57. The summed E-state index contributed by atoms with van der Waals surface area (Å²) in [6, 6.07) is 13.6. The van der Waals surface area contributed by atoms with E-state index >= 15 is 0 Å². The van der Waals surface area contributed by atoms with Crippen LogP contribution in [0, 0.1) is 5.92 Å². The van der Waals surface area contributed by atoms with Gasteiger partial charge < -0.3 is 20.3 Å². The van der Waals surface area contributed by atoms with Gasteiger partial charge in [0.2, 0.25) is 11.8 Å². The number of nitrogens with zero attached hydrogens (tertiary/aromatic N) is 2. The summed E-state index contributed by atoms with van der Waals surface area (Å²) in [5, 5.41) is 6.91. The number of benzene rings is 2. The molecule has 0 spiro atoms. The Hall–Kier alpha value is -2.97. The van der Waals surface area contributed by atoms with Crippen LogP contribution in [-0.2, 0) is 20.7 Å². The van der Waals surface area contributed by atoms with E-state index in [0.717, 1.165) is 58.6 Å². The predicted molar refractivity (Wildman–Crippen MR) is 123 cm³/mol. The summed E-state index contributed by atoms with van der Waals surface area (Å²) in [6.07, 6.45) is 1.50. The first-order chi connectivity index (χ1) is 15.2. The number of fused-ring (bicyclic) bond motifs is 2. The van der Waals surface area contributed by atoms with Gasteiger partial charge in [-0.2, -0.15) is 0 Å². The molecule has 1 aromatic heterocycles. The molecule has 2 amide bonds. The number of nitrogens with one attached hydrogen (secondary N) is 2. The number of amides is 2. The number of carbonyl (C=O) groups excluding carboxylic acids is 2. The molecule has 1 saturated heterocycles. The van der Waals surface area contributed by atoms with Gasteiger partial charge in [-0.1, -0.05) is 29.5 Å². The quantitative estimate of drug-likeness (QED) is 0.638. The van der Waals surface area contributed by atoms with Crippen molar-refractivity contribution in [2.45, 2.75) is 19.3 Å². The Labute approximate surface area is 184 Å². The topological polar surface area (TPSA) is 83.6 Å². The molecule has 7 nitrogen and oxygen atoms in total. The Bertz CT molecular complexity index is 1120. The molecule has 1 fully saturated rings. The fraction of sp³-hybridized carbons (Fsp3) is 0.348. The monoisotopic (exact) mass is 436 g/mol. The number of rotatable bonds is 5. The SMILES string of the molecule is O=C(CCC1Cc2ccccc2NC1=O)Nc1ccc2nc(N3CCOCC3)sc2c1. The van der Waals surface area contributed by atoms with Crippen LogP contribution in [0.1, 0.15) is 18.4 Å². The molecule has 3 heterocycles. The summed E-state index contributed by atoms with van der Waals surface area (Å²) >= 11 is 1.63. The summed E-state index contributed by atoms with van der Waals surface area (Å²) in [5.41, 5.74) is 3.69.